The summed E-state index contributed by atoms with van der Waals surface area (Å²) in [6, 6.07) is 7.45. The Morgan fingerprint density at radius 2 is 2.05 bits per heavy atom. The molecular weight excluding hydrogens is 254 g/mol. The number of benzene rings is 1. The summed E-state index contributed by atoms with van der Waals surface area (Å²) in [6.45, 7) is 2.94. The van der Waals surface area contributed by atoms with Crippen molar-refractivity contribution in [3.05, 3.63) is 29.8 Å². The van der Waals surface area contributed by atoms with Crippen molar-refractivity contribution in [2.24, 2.45) is 0 Å². The molecule has 0 aliphatic carbocycles. The van der Waals surface area contributed by atoms with Crippen LogP contribution in [0.3, 0.4) is 0 Å². The zero-order valence-electron chi connectivity index (χ0n) is 12.0. The maximum atomic E-state index is 12.1. The van der Waals surface area contributed by atoms with Gasteiger partial charge in [-0.25, -0.2) is 0 Å². The van der Waals surface area contributed by atoms with Gasteiger partial charge in [-0.3, -0.25) is 9.59 Å². The van der Waals surface area contributed by atoms with Gasteiger partial charge >= 0.3 is 0 Å². The highest BCUT2D eigenvalue weighted by molar-refractivity contribution is 5.95. The fourth-order valence-corrected chi connectivity index (χ4v) is 2.29. The molecule has 1 unspecified atom stereocenters. The van der Waals surface area contributed by atoms with Gasteiger partial charge in [-0.1, -0.05) is 17.7 Å². The van der Waals surface area contributed by atoms with Crippen LogP contribution in [-0.2, 0) is 9.59 Å². The molecule has 5 heteroatoms. The van der Waals surface area contributed by atoms with Gasteiger partial charge in [0.05, 0.1) is 12.6 Å². The number of anilines is 1. The molecule has 2 rings (SSSR count). The fraction of sp³-hybridized carbons (Fsp3) is 0.467. The van der Waals surface area contributed by atoms with E-state index in [4.69, 9.17) is 0 Å². The smallest absolute Gasteiger partial charge is 0.243 e. The standard InChI is InChI=1S/C15H21N3O2/c1-11-5-7-12(8-6-11)17-14(19)10-18(2)15(20)13-4-3-9-16-13/h5-8,13,16H,3-4,9-10H2,1-2H3,(H,17,19). The molecule has 0 bridgehead atoms. The van der Waals surface area contributed by atoms with Gasteiger partial charge in [0.15, 0.2) is 0 Å². The molecule has 0 saturated carbocycles. The number of amides is 2. The average molecular weight is 275 g/mol. The van der Waals surface area contributed by atoms with E-state index in [1.807, 2.05) is 31.2 Å². The third-order valence-corrected chi connectivity index (χ3v) is 3.45. The Kier molecular flexibility index (Phi) is 4.74. The van der Waals surface area contributed by atoms with E-state index >= 15 is 0 Å². The molecular formula is C15H21N3O2. The van der Waals surface area contributed by atoms with Gasteiger partial charge in [-0.2, -0.15) is 0 Å². The third kappa shape index (κ3) is 3.81. The van der Waals surface area contributed by atoms with Crippen molar-refractivity contribution in [2.45, 2.75) is 25.8 Å². The number of carbonyl (C=O) groups is 2. The van der Waals surface area contributed by atoms with Gasteiger partial charge in [0.1, 0.15) is 0 Å². The number of rotatable bonds is 4. The van der Waals surface area contributed by atoms with Crippen molar-refractivity contribution in [1.29, 1.82) is 0 Å². The summed E-state index contributed by atoms with van der Waals surface area (Å²) < 4.78 is 0. The van der Waals surface area contributed by atoms with Gasteiger partial charge in [-0.15, -0.1) is 0 Å². The highest BCUT2D eigenvalue weighted by Gasteiger charge is 2.25. The number of nitrogens with one attached hydrogen (secondary N) is 2. The molecule has 0 radical (unpaired) electrons. The lowest BCUT2D eigenvalue weighted by atomic mass is 10.2. The summed E-state index contributed by atoms with van der Waals surface area (Å²) in [5.41, 5.74) is 1.89. The third-order valence-electron chi connectivity index (χ3n) is 3.45. The largest absolute Gasteiger partial charge is 0.335 e. The van der Waals surface area contributed by atoms with Crippen LogP contribution in [-0.4, -0.2) is 42.9 Å². The van der Waals surface area contributed by atoms with Crippen LogP contribution >= 0.6 is 0 Å². The van der Waals surface area contributed by atoms with E-state index in [0.29, 0.717) is 0 Å². The summed E-state index contributed by atoms with van der Waals surface area (Å²) in [4.78, 5) is 25.4. The van der Waals surface area contributed by atoms with Crippen LogP contribution in [0.25, 0.3) is 0 Å². The quantitative estimate of drug-likeness (QED) is 0.866. The molecule has 0 spiro atoms. The zero-order valence-corrected chi connectivity index (χ0v) is 12.0. The van der Waals surface area contributed by atoms with Gasteiger partial charge in [0, 0.05) is 12.7 Å². The first-order valence-corrected chi connectivity index (χ1v) is 6.91. The molecule has 1 aliphatic rings. The SMILES string of the molecule is Cc1ccc(NC(=O)CN(C)C(=O)C2CCCN2)cc1. The average Bonchev–Trinajstić information content (AvgIpc) is 2.94. The highest BCUT2D eigenvalue weighted by atomic mass is 16.2. The van der Waals surface area contributed by atoms with Crippen molar-refractivity contribution >= 4 is 17.5 Å². The second-order valence-corrected chi connectivity index (χ2v) is 5.26. The summed E-state index contributed by atoms with van der Waals surface area (Å²) in [5, 5.41) is 5.94. The molecule has 2 N–H and O–H groups in total. The number of hydrogen-bond donors (Lipinski definition) is 2. The second kappa shape index (κ2) is 6.52. The number of nitrogens with zero attached hydrogens (tertiary/aromatic N) is 1. The lowest BCUT2D eigenvalue weighted by molar-refractivity contribution is -0.134. The van der Waals surface area contributed by atoms with Crippen LogP contribution < -0.4 is 10.6 Å². The number of carbonyl (C=O) groups excluding carboxylic acids is 2. The Hall–Kier alpha value is -1.88. The Labute approximate surface area is 119 Å². The van der Waals surface area contributed by atoms with Crippen molar-refractivity contribution in [3.63, 3.8) is 0 Å². The minimum atomic E-state index is -0.178. The second-order valence-electron chi connectivity index (χ2n) is 5.26. The van der Waals surface area contributed by atoms with Gasteiger partial charge in [0.25, 0.3) is 0 Å². The molecule has 5 nitrogen and oxygen atoms in total. The van der Waals surface area contributed by atoms with E-state index in [2.05, 4.69) is 10.6 Å². The molecule has 20 heavy (non-hydrogen) atoms. The van der Waals surface area contributed by atoms with E-state index in [0.717, 1.165) is 30.6 Å². The predicted molar refractivity (Wildman–Crippen MR) is 78.5 cm³/mol. The van der Waals surface area contributed by atoms with Crippen LogP contribution in [0.2, 0.25) is 0 Å². The van der Waals surface area contributed by atoms with E-state index in [1.54, 1.807) is 7.05 Å². The molecule has 0 aromatic heterocycles. The lowest BCUT2D eigenvalue weighted by Crippen LogP contribution is -2.44. The topological polar surface area (TPSA) is 61.4 Å². The van der Waals surface area contributed by atoms with Crippen LogP contribution in [0.5, 0.6) is 0 Å². The molecule has 1 saturated heterocycles. The molecule has 1 heterocycles. The van der Waals surface area contributed by atoms with Crippen molar-refractivity contribution < 1.29 is 9.59 Å². The van der Waals surface area contributed by atoms with E-state index < -0.39 is 0 Å². The van der Waals surface area contributed by atoms with Crippen LogP contribution in [0, 0.1) is 6.92 Å². The Morgan fingerprint density at radius 3 is 2.65 bits per heavy atom. The first-order valence-electron chi connectivity index (χ1n) is 6.91. The number of likely N-dealkylation sites (N-methyl/N-ethyl adjacent to an activating group) is 1. The van der Waals surface area contributed by atoms with Gasteiger partial charge < -0.3 is 15.5 Å². The summed E-state index contributed by atoms with van der Waals surface area (Å²) >= 11 is 0. The monoisotopic (exact) mass is 275 g/mol. The molecule has 1 aromatic rings. The minimum absolute atomic E-state index is 0.0124. The highest BCUT2D eigenvalue weighted by Crippen LogP contribution is 2.10. The molecule has 2 amide bonds. The molecule has 108 valence electrons. The molecule has 1 atom stereocenters. The Balaban J connectivity index is 1.84. The fourth-order valence-electron chi connectivity index (χ4n) is 2.29. The van der Waals surface area contributed by atoms with Crippen LogP contribution in [0.15, 0.2) is 24.3 Å². The molecule has 1 aromatic carbocycles. The maximum Gasteiger partial charge on any atom is 0.243 e. The van der Waals surface area contributed by atoms with Gasteiger partial charge in [0.2, 0.25) is 11.8 Å². The maximum absolute atomic E-state index is 12.1. The summed E-state index contributed by atoms with van der Waals surface area (Å²) in [7, 11) is 1.66. The van der Waals surface area contributed by atoms with E-state index in [-0.39, 0.29) is 24.4 Å². The number of hydrogen-bond acceptors (Lipinski definition) is 3. The minimum Gasteiger partial charge on any atom is -0.335 e. The van der Waals surface area contributed by atoms with Crippen molar-refractivity contribution in [1.82, 2.24) is 10.2 Å². The number of aryl methyl sites for hydroxylation is 1. The normalized spacial score (nSPS) is 17.8. The Morgan fingerprint density at radius 1 is 1.35 bits per heavy atom. The summed E-state index contributed by atoms with van der Waals surface area (Å²) in [6.07, 6.45) is 1.86. The zero-order chi connectivity index (χ0) is 14.5. The van der Waals surface area contributed by atoms with Crippen LogP contribution in [0.4, 0.5) is 5.69 Å². The van der Waals surface area contributed by atoms with Crippen molar-refractivity contribution in [2.75, 3.05) is 25.5 Å². The van der Waals surface area contributed by atoms with Crippen molar-refractivity contribution in [3.8, 4) is 0 Å². The van der Waals surface area contributed by atoms with E-state index in [1.165, 1.54) is 4.90 Å². The molecule has 1 fully saturated rings. The van der Waals surface area contributed by atoms with Crippen LogP contribution in [0.1, 0.15) is 18.4 Å². The van der Waals surface area contributed by atoms with Gasteiger partial charge in [-0.05, 0) is 38.4 Å². The first-order chi connectivity index (χ1) is 9.56. The summed E-state index contributed by atoms with van der Waals surface area (Å²) in [5.74, 6) is -0.191. The van der Waals surface area contributed by atoms with E-state index in [9.17, 15) is 9.59 Å². The lowest BCUT2D eigenvalue weighted by Gasteiger charge is -2.20. The Bertz CT molecular complexity index is 478. The first kappa shape index (κ1) is 14.5. The predicted octanol–water partition coefficient (Wildman–Crippen LogP) is 1.14. The molecule has 1 aliphatic heterocycles.